The van der Waals surface area contributed by atoms with Crippen molar-refractivity contribution in [2.45, 2.75) is 19.0 Å². The van der Waals surface area contributed by atoms with Gasteiger partial charge >= 0.3 is 6.18 Å². The predicted molar refractivity (Wildman–Crippen MR) is 70.4 cm³/mol. The summed E-state index contributed by atoms with van der Waals surface area (Å²) in [5.41, 5.74) is -0.987. The van der Waals surface area contributed by atoms with Crippen LogP contribution in [0.5, 0.6) is 0 Å². The van der Waals surface area contributed by atoms with Crippen LogP contribution in [0.4, 0.5) is 18.9 Å². The number of anilines is 1. The zero-order valence-corrected chi connectivity index (χ0v) is 11.1. The summed E-state index contributed by atoms with van der Waals surface area (Å²) in [6.07, 6.45) is -2.92. The van der Waals surface area contributed by atoms with Crippen molar-refractivity contribution in [2.75, 3.05) is 18.4 Å². The third-order valence-electron chi connectivity index (χ3n) is 3.39. The molecule has 1 aromatic carbocycles. The number of hydrogen-bond acceptors (Lipinski definition) is 3. The molecule has 21 heavy (non-hydrogen) atoms. The fourth-order valence-electron chi connectivity index (χ4n) is 2.23. The molecule has 1 atom stereocenters. The van der Waals surface area contributed by atoms with Crippen molar-refractivity contribution in [3.05, 3.63) is 29.3 Å². The molecule has 1 saturated heterocycles. The molecule has 1 heterocycles. The first kappa shape index (κ1) is 15.3. The van der Waals surface area contributed by atoms with E-state index in [1.165, 1.54) is 0 Å². The van der Waals surface area contributed by atoms with E-state index >= 15 is 0 Å². The summed E-state index contributed by atoms with van der Waals surface area (Å²) in [4.78, 5) is 12.0. The van der Waals surface area contributed by atoms with E-state index in [1.54, 1.807) is 6.07 Å². The molecule has 0 saturated carbocycles. The highest BCUT2D eigenvalue weighted by Crippen LogP contribution is 2.31. The van der Waals surface area contributed by atoms with Gasteiger partial charge in [-0.2, -0.15) is 18.4 Å². The number of carbonyl (C=O) groups excluding carboxylic acids is 1. The Kier molecular flexibility index (Phi) is 4.48. The van der Waals surface area contributed by atoms with Gasteiger partial charge in [0, 0.05) is 6.54 Å². The summed E-state index contributed by atoms with van der Waals surface area (Å²) in [7, 11) is 0. The maximum Gasteiger partial charge on any atom is 0.416 e. The third kappa shape index (κ3) is 3.73. The van der Waals surface area contributed by atoms with Crippen molar-refractivity contribution >= 4 is 11.6 Å². The fraction of sp³-hybridized carbons (Fsp3) is 0.429. The van der Waals surface area contributed by atoms with Crippen LogP contribution < -0.4 is 10.6 Å². The van der Waals surface area contributed by atoms with E-state index in [0.29, 0.717) is 6.54 Å². The smallest absolute Gasteiger partial charge is 0.325 e. The second kappa shape index (κ2) is 6.14. The molecule has 2 rings (SSSR count). The number of benzene rings is 1. The van der Waals surface area contributed by atoms with Crippen LogP contribution in [0.25, 0.3) is 0 Å². The minimum atomic E-state index is -4.51. The number of carbonyl (C=O) groups is 1. The molecule has 0 bridgehead atoms. The van der Waals surface area contributed by atoms with Gasteiger partial charge in [0.2, 0.25) is 5.91 Å². The Labute approximate surface area is 119 Å². The standard InChI is InChI=1S/C14H14F3N3O/c15-14(16,17)11-3-4-12(10(6-11)7-18)20-13(21)9-2-1-5-19-8-9/h3-4,6,9,19H,1-2,5,8H2,(H,20,21)/t9-/m0/s1. The van der Waals surface area contributed by atoms with Crippen LogP contribution in [0.3, 0.4) is 0 Å². The van der Waals surface area contributed by atoms with E-state index in [2.05, 4.69) is 10.6 Å². The van der Waals surface area contributed by atoms with Crippen molar-refractivity contribution in [3.8, 4) is 6.07 Å². The molecular weight excluding hydrogens is 283 g/mol. The highest BCUT2D eigenvalue weighted by molar-refractivity contribution is 5.94. The number of halogens is 3. The lowest BCUT2D eigenvalue weighted by molar-refractivity contribution is -0.137. The van der Waals surface area contributed by atoms with Gasteiger partial charge in [0.25, 0.3) is 0 Å². The lowest BCUT2D eigenvalue weighted by atomic mass is 9.98. The second-order valence-electron chi connectivity index (χ2n) is 4.90. The van der Waals surface area contributed by atoms with Crippen molar-refractivity contribution in [1.82, 2.24) is 5.32 Å². The van der Waals surface area contributed by atoms with Crippen LogP contribution in [0.15, 0.2) is 18.2 Å². The summed E-state index contributed by atoms with van der Waals surface area (Å²) in [6, 6.07) is 4.41. The Morgan fingerprint density at radius 1 is 1.43 bits per heavy atom. The van der Waals surface area contributed by atoms with Crippen molar-refractivity contribution in [1.29, 1.82) is 5.26 Å². The Hall–Kier alpha value is -2.07. The molecule has 0 unspecified atom stereocenters. The molecule has 0 radical (unpaired) electrons. The van der Waals surface area contributed by atoms with Crippen LogP contribution in [-0.2, 0) is 11.0 Å². The Balaban J connectivity index is 2.16. The molecule has 7 heteroatoms. The maximum absolute atomic E-state index is 12.6. The Bertz CT molecular complexity index is 572. The van der Waals surface area contributed by atoms with Crippen LogP contribution in [-0.4, -0.2) is 19.0 Å². The monoisotopic (exact) mass is 297 g/mol. The average Bonchev–Trinajstić information content (AvgIpc) is 2.47. The van der Waals surface area contributed by atoms with Crippen molar-refractivity contribution in [3.63, 3.8) is 0 Å². The van der Waals surface area contributed by atoms with Gasteiger partial charge in [-0.25, -0.2) is 0 Å². The Morgan fingerprint density at radius 3 is 2.76 bits per heavy atom. The van der Waals surface area contributed by atoms with Gasteiger partial charge in [-0.15, -0.1) is 0 Å². The summed E-state index contributed by atoms with van der Waals surface area (Å²) in [6.45, 7) is 1.39. The number of piperidine rings is 1. The number of nitriles is 1. The molecule has 1 aromatic rings. The topological polar surface area (TPSA) is 64.9 Å². The molecule has 112 valence electrons. The average molecular weight is 297 g/mol. The van der Waals surface area contributed by atoms with Crippen molar-refractivity contribution < 1.29 is 18.0 Å². The van der Waals surface area contributed by atoms with Crippen molar-refractivity contribution in [2.24, 2.45) is 5.92 Å². The molecular formula is C14H14F3N3O. The zero-order chi connectivity index (χ0) is 15.5. The number of hydrogen-bond donors (Lipinski definition) is 2. The molecule has 2 N–H and O–H groups in total. The van der Waals surface area contributed by atoms with Gasteiger partial charge in [0.05, 0.1) is 22.7 Å². The van der Waals surface area contributed by atoms with E-state index in [1.807, 2.05) is 0 Å². The second-order valence-corrected chi connectivity index (χ2v) is 4.90. The lowest BCUT2D eigenvalue weighted by Gasteiger charge is -2.22. The summed E-state index contributed by atoms with van der Waals surface area (Å²) >= 11 is 0. The van der Waals surface area contributed by atoms with E-state index in [-0.39, 0.29) is 23.1 Å². The lowest BCUT2D eigenvalue weighted by Crippen LogP contribution is -2.37. The van der Waals surface area contributed by atoms with Crippen LogP contribution in [0, 0.1) is 17.2 Å². The number of rotatable bonds is 2. The van der Waals surface area contributed by atoms with Crippen LogP contribution >= 0.6 is 0 Å². The number of nitrogens with zero attached hydrogens (tertiary/aromatic N) is 1. The first-order valence-corrected chi connectivity index (χ1v) is 6.54. The van der Waals surface area contributed by atoms with E-state index in [0.717, 1.165) is 37.6 Å². The minimum Gasteiger partial charge on any atom is -0.325 e. The molecule has 1 aliphatic heterocycles. The largest absolute Gasteiger partial charge is 0.416 e. The number of amides is 1. The maximum atomic E-state index is 12.6. The molecule has 0 aromatic heterocycles. The Morgan fingerprint density at radius 2 is 2.19 bits per heavy atom. The van der Waals surface area contributed by atoms with Gasteiger partial charge in [-0.1, -0.05) is 0 Å². The first-order chi connectivity index (χ1) is 9.91. The summed E-state index contributed by atoms with van der Waals surface area (Å²) in [5, 5.41) is 14.6. The quantitative estimate of drug-likeness (QED) is 0.881. The molecule has 1 amide bonds. The third-order valence-corrected chi connectivity index (χ3v) is 3.39. The van der Waals surface area contributed by atoms with E-state index < -0.39 is 11.7 Å². The van der Waals surface area contributed by atoms with E-state index in [4.69, 9.17) is 5.26 Å². The number of nitrogens with one attached hydrogen (secondary N) is 2. The highest BCUT2D eigenvalue weighted by atomic mass is 19.4. The normalized spacial score (nSPS) is 18.9. The number of alkyl halides is 3. The van der Waals surface area contributed by atoms with E-state index in [9.17, 15) is 18.0 Å². The summed E-state index contributed by atoms with van der Waals surface area (Å²) < 4.78 is 37.8. The highest BCUT2D eigenvalue weighted by Gasteiger charge is 2.31. The van der Waals surface area contributed by atoms with Crippen LogP contribution in [0.1, 0.15) is 24.0 Å². The predicted octanol–water partition coefficient (Wildman–Crippen LogP) is 2.52. The molecule has 4 nitrogen and oxygen atoms in total. The van der Waals surface area contributed by atoms with Gasteiger partial charge in [0.15, 0.2) is 0 Å². The van der Waals surface area contributed by atoms with Gasteiger partial charge in [-0.05, 0) is 37.6 Å². The first-order valence-electron chi connectivity index (χ1n) is 6.54. The molecule has 1 aliphatic rings. The zero-order valence-electron chi connectivity index (χ0n) is 11.1. The molecule has 1 fully saturated rings. The summed E-state index contributed by atoms with van der Waals surface area (Å²) in [5.74, 6) is -0.508. The fourth-order valence-corrected chi connectivity index (χ4v) is 2.23. The molecule has 0 aliphatic carbocycles. The van der Waals surface area contributed by atoms with Crippen LogP contribution in [0.2, 0.25) is 0 Å². The van der Waals surface area contributed by atoms with Gasteiger partial charge in [0.1, 0.15) is 6.07 Å². The molecule has 0 spiro atoms. The SMILES string of the molecule is N#Cc1cc(C(F)(F)F)ccc1NC(=O)[C@H]1CCCNC1. The minimum absolute atomic E-state index is 0.112. The van der Waals surface area contributed by atoms with Gasteiger partial charge < -0.3 is 10.6 Å². The van der Waals surface area contributed by atoms with Gasteiger partial charge in [-0.3, -0.25) is 4.79 Å².